The zero-order chi connectivity index (χ0) is 17.8. The van der Waals surface area contributed by atoms with Gasteiger partial charge in [0.15, 0.2) is 22.4 Å². The van der Waals surface area contributed by atoms with E-state index in [1.165, 1.54) is 32.7 Å². The maximum absolute atomic E-state index is 12.5. The lowest BCUT2D eigenvalue weighted by molar-refractivity contribution is 0.102. The van der Waals surface area contributed by atoms with Crippen LogP contribution in [-0.4, -0.2) is 32.2 Å². The third kappa shape index (κ3) is 3.43. The molecule has 0 unspecified atom stereocenters. The fourth-order valence-corrected chi connectivity index (χ4v) is 2.94. The van der Waals surface area contributed by atoms with Crippen molar-refractivity contribution in [3.63, 3.8) is 0 Å². The molecule has 2 aromatic heterocycles. The first-order valence-corrected chi connectivity index (χ1v) is 8.15. The number of benzene rings is 1. The van der Waals surface area contributed by atoms with Crippen molar-refractivity contribution >= 4 is 22.4 Å². The van der Waals surface area contributed by atoms with E-state index in [9.17, 15) is 4.79 Å². The quantitative estimate of drug-likeness (QED) is 0.722. The van der Waals surface area contributed by atoms with Gasteiger partial charge in [-0.05, 0) is 24.3 Å². The van der Waals surface area contributed by atoms with Crippen LogP contribution in [0.2, 0.25) is 0 Å². The Morgan fingerprint density at radius 2 is 1.88 bits per heavy atom. The van der Waals surface area contributed by atoms with Gasteiger partial charge < -0.3 is 18.6 Å². The molecule has 8 heteroatoms. The summed E-state index contributed by atoms with van der Waals surface area (Å²) in [7, 11) is 4.50. The van der Waals surface area contributed by atoms with Crippen LogP contribution in [0.25, 0.3) is 11.5 Å². The van der Waals surface area contributed by atoms with E-state index in [1.807, 2.05) is 5.38 Å². The average Bonchev–Trinajstić information content (AvgIpc) is 3.31. The average molecular weight is 360 g/mol. The van der Waals surface area contributed by atoms with Gasteiger partial charge in [0, 0.05) is 10.9 Å². The van der Waals surface area contributed by atoms with Crippen LogP contribution in [0.1, 0.15) is 10.4 Å². The molecule has 1 aromatic carbocycles. The Morgan fingerprint density at radius 3 is 2.44 bits per heavy atom. The summed E-state index contributed by atoms with van der Waals surface area (Å²) in [4.78, 5) is 16.9. The number of hydrogen-bond acceptors (Lipinski definition) is 7. The van der Waals surface area contributed by atoms with E-state index < -0.39 is 0 Å². The number of thiazole rings is 1. The summed E-state index contributed by atoms with van der Waals surface area (Å²) in [5.41, 5.74) is 1.03. The van der Waals surface area contributed by atoms with Crippen molar-refractivity contribution < 1.29 is 23.4 Å². The van der Waals surface area contributed by atoms with E-state index in [0.717, 1.165) is 0 Å². The predicted octanol–water partition coefficient (Wildman–Crippen LogP) is 3.68. The van der Waals surface area contributed by atoms with Crippen molar-refractivity contribution in [1.29, 1.82) is 0 Å². The Hall–Kier alpha value is -3.00. The number of rotatable bonds is 6. The second kappa shape index (κ2) is 7.27. The van der Waals surface area contributed by atoms with Crippen molar-refractivity contribution in [1.82, 2.24) is 4.98 Å². The molecule has 1 N–H and O–H groups in total. The van der Waals surface area contributed by atoms with Gasteiger partial charge in [-0.1, -0.05) is 0 Å². The van der Waals surface area contributed by atoms with Crippen LogP contribution in [0.3, 0.4) is 0 Å². The minimum Gasteiger partial charge on any atom is -0.493 e. The number of nitrogens with one attached hydrogen (secondary N) is 1. The fraction of sp³-hybridized carbons (Fsp3) is 0.176. The number of anilines is 1. The monoisotopic (exact) mass is 360 g/mol. The highest BCUT2D eigenvalue weighted by Crippen LogP contribution is 2.38. The van der Waals surface area contributed by atoms with Gasteiger partial charge in [0.25, 0.3) is 5.91 Å². The number of hydrogen-bond donors (Lipinski definition) is 1. The summed E-state index contributed by atoms with van der Waals surface area (Å²) < 4.78 is 21.1. The maximum atomic E-state index is 12.5. The minimum absolute atomic E-state index is 0.334. The van der Waals surface area contributed by atoms with Gasteiger partial charge >= 0.3 is 0 Å². The van der Waals surface area contributed by atoms with Gasteiger partial charge in [0.05, 0.1) is 27.6 Å². The molecule has 0 bridgehead atoms. The summed E-state index contributed by atoms with van der Waals surface area (Å²) in [5.74, 6) is 1.55. The van der Waals surface area contributed by atoms with Crippen molar-refractivity contribution in [2.24, 2.45) is 0 Å². The topological polar surface area (TPSA) is 82.8 Å². The molecule has 25 heavy (non-hydrogen) atoms. The highest BCUT2D eigenvalue weighted by Gasteiger charge is 2.18. The van der Waals surface area contributed by atoms with Crippen LogP contribution >= 0.6 is 11.3 Å². The van der Waals surface area contributed by atoms with E-state index in [1.54, 1.807) is 30.5 Å². The maximum Gasteiger partial charge on any atom is 0.257 e. The third-order valence-corrected chi connectivity index (χ3v) is 4.18. The smallest absolute Gasteiger partial charge is 0.257 e. The lowest BCUT2D eigenvalue weighted by atomic mass is 10.1. The number of furan rings is 1. The fourth-order valence-electron chi connectivity index (χ4n) is 2.25. The molecular weight excluding hydrogens is 344 g/mol. The Bertz CT molecular complexity index is 848. The summed E-state index contributed by atoms with van der Waals surface area (Å²) >= 11 is 1.31. The number of nitrogens with zero attached hydrogens (tertiary/aromatic N) is 1. The van der Waals surface area contributed by atoms with E-state index in [-0.39, 0.29) is 5.91 Å². The van der Waals surface area contributed by atoms with E-state index in [0.29, 0.717) is 39.4 Å². The number of carbonyl (C=O) groups excluding carboxylic acids is 1. The van der Waals surface area contributed by atoms with Gasteiger partial charge in [-0.15, -0.1) is 11.3 Å². The lowest BCUT2D eigenvalue weighted by Crippen LogP contribution is -2.12. The molecule has 0 aliphatic heterocycles. The highest BCUT2D eigenvalue weighted by molar-refractivity contribution is 7.14. The van der Waals surface area contributed by atoms with Crippen LogP contribution in [0, 0.1) is 0 Å². The van der Waals surface area contributed by atoms with Crippen molar-refractivity contribution in [3.8, 4) is 28.7 Å². The Balaban J connectivity index is 1.84. The number of ether oxygens (including phenoxy) is 3. The molecular formula is C17H16N2O5S. The van der Waals surface area contributed by atoms with Crippen LogP contribution in [0.5, 0.6) is 17.2 Å². The minimum atomic E-state index is -0.334. The van der Waals surface area contributed by atoms with E-state index in [2.05, 4.69) is 10.3 Å². The molecule has 0 saturated carbocycles. The number of carbonyl (C=O) groups is 1. The highest BCUT2D eigenvalue weighted by atomic mass is 32.1. The predicted molar refractivity (Wildman–Crippen MR) is 93.9 cm³/mol. The molecule has 0 aliphatic carbocycles. The Labute approximate surface area is 148 Å². The molecule has 7 nitrogen and oxygen atoms in total. The molecule has 0 saturated heterocycles. The third-order valence-electron chi connectivity index (χ3n) is 3.43. The van der Waals surface area contributed by atoms with Crippen molar-refractivity contribution in [3.05, 3.63) is 41.5 Å². The summed E-state index contributed by atoms with van der Waals surface area (Å²) in [6.07, 6.45) is 1.57. The Kier molecular flexibility index (Phi) is 4.90. The molecule has 0 radical (unpaired) electrons. The number of amides is 1. The molecule has 0 atom stereocenters. The molecule has 3 aromatic rings. The Morgan fingerprint density at radius 1 is 1.16 bits per heavy atom. The summed E-state index contributed by atoms with van der Waals surface area (Å²) in [5, 5.41) is 5.03. The lowest BCUT2D eigenvalue weighted by Gasteiger charge is -2.13. The van der Waals surface area contributed by atoms with E-state index >= 15 is 0 Å². The van der Waals surface area contributed by atoms with Crippen LogP contribution in [0.4, 0.5) is 5.13 Å². The van der Waals surface area contributed by atoms with Gasteiger partial charge in [0.2, 0.25) is 5.75 Å². The zero-order valence-corrected chi connectivity index (χ0v) is 14.7. The first-order valence-electron chi connectivity index (χ1n) is 7.27. The first kappa shape index (κ1) is 16.8. The summed E-state index contributed by atoms with van der Waals surface area (Å²) in [6, 6.07) is 6.75. The van der Waals surface area contributed by atoms with Crippen molar-refractivity contribution in [2.75, 3.05) is 26.6 Å². The zero-order valence-electron chi connectivity index (χ0n) is 13.9. The van der Waals surface area contributed by atoms with Gasteiger partial charge in [-0.3, -0.25) is 10.1 Å². The second-order valence-corrected chi connectivity index (χ2v) is 5.74. The molecule has 1 amide bonds. The van der Waals surface area contributed by atoms with E-state index in [4.69, 9.17) is 18.6 Å². The SMILES string of the molecule is COc1cc(C(=O)Nc2nc(-c3ccco3)cs2)cc(OC)c1OC. The molecule has 0 aliphatic rings. The van der Waals surface area contributed by atoms with Crippen LogP contribution in [-0.2, 0) is 0 Å². The molecule has 0 spiro atoms. The molecule has 2 heterocycles. The van der Waals surface area contributed by atoms with Crippen molar-refractivity contribution in [2.45, 2.75) is 0 Å². The van der Waals surface area contributed by atoms with Gasteiger partial charge in [-0.25, -0.2) is 4.98 Å². The standard InChI is InChI=1S/C17H16N2O5S/c1-21-13-7-10(8-14(22-2)15(13)23-3)16(20)19-17-18-11(9-25-17)12-5-4-6-24-12/h4-9H,1-3H3,(H,18,19,20). The molecule has 130 valence electrons. The molecule has 0 fully saturated rings. The first-order chi connectivity index (χ1) is 12.2. The second-order valence-electron chi connectivity index (χ2n) is 4.88. The van der Waals surface area contributed by atoms with Crippen LogP contribution < -0.4 is 19.5 Å². The van der Waals surface area contributed by atoms with Crippen LogP contribution in [0.15, 0.2) is 40.3 Å². The summed E-state index contributed by atoms with van der Waals surface area (Å²) in [6.45, 7) is 0. The van der Waals surface area contributed by atoms with Gasteiger partial charge in [-0.2, -0.15) is 0 Å². The number of methoxy groups -OCH3 is 3. The number of aromatic nitrogens is 1. The van der Waals surface area contributed by atoms with Gasteiger partial charge in [0.1, 0.15) is 5.69 Å². The largest absolute Gasteiger partial charge is 0.493 e. The normalized spacial score (nSPS) is 10.4. The molecule has 3 rings (SSSR count).